The van der Waals surface area contributed by atoms with Gasteiger partial charge in [0.25, 0.3) is 5.91 Å². The van der Waals surface area contributed by atoms with E-state index in [1.807, 2.05) is 23.1 Å². The van der Waals surface area contributed by atoms with Crippen molar-refractivity contribution in [2.45, 2.75) is 31.7 Å². The van der Waals surface area contributed by atoms with Gasteiger partial charge in [0, 0.05) is 25.1 Å². The van der Waals surface area contributed by atoms with Crippen LogP contribution in [0.15, 0.2) is 36.4 Å². The van der Waals surface area contributed by atoms with Crippen molar-refractivity contribution in [2.24, 2.45) is 0 Å². The minimum Gasteiger partial charge on any atom is -0.486 e. The molecule has 3 heterocycles. The van der Waals surface area contributed by atoms with Crippen LogP contribution in [-0.4, -0.2) is 43.0 Å². The molecule has 3 aliphatic heterocycles. The van der Waals surface area contributed by atoms with Crippen molar-refractivity contribution < 1.29 is 19.1 Å². The predicted molar refractivity (Wildman–Crippen MR) is 113 cm³/mol. The highest BCUT2D eigenvalue weighted by atomic mass is 35.5. The molecule has 1 atom stereocenters. The lowest BCUT2D eigenvalue weighted by Gasteiger charge is -2.27. The Morgan fingerprint density at radius 2 is 1.83 bits per heavy atom. The highest BCUT2D eigenvalue weighted by Crippen LogP contribution is 2.39. The Balaban J connectivity index is 1.42. The SMILES string of the molecule is O=C1CCCN1c1cc(C(=O)N2CCC[C@H]2c2ccc3c(c2)OCCO3)ccc1Cl. The number of halogens is 1. The minimum absolute atomic E-state index is 0.0131. The molecule has 2 saturated heterocycles. The molecule has 0 unspecified atom stereocenters. The van der Waals surface area contributed by atoms with E-state index in [0.29, 0.717) is 49.0 Å². The maximum absolute atomic E-state index is 13.4. The van der Waals surface area contributed by atoms with Crippen molar-refractivity contribution >= 4 is 29.1 Å². The molecule has 0 saturated carbocycles. The first kappa shape index (κ1) is 19.2. The summed E-state index contributed by atoms with van der Waals surface area (Å²) in [6.07, 6.45) is 3.17. The average molecular weight is 427 g/mol. The van der Waals surface area contributed by atoms with Gasteiger partial charge in [-0.2, -0.15) is 0 Å². The van der Waals surface area contributed by atoms with Crippen LogP contribution >= 0.6 is 11.6 Å². The van der Waals surface area contributed by atoms with E-state index >= 15 is 0 Å². The van der Waals surface area contributed by atoms with Gasteiger partial charge < -0.3 is 19.3 Å². The smallest absolute Gasteiger partial charge is 0.254 e. The molecule has 0 spiro atoms. The summed E-state index contributed by atoms with van der Waals surface area (Å²) in [4.78, 5) is 29.2. The zero-order chi connectivity index (χ0) is 20.7. The topological polar surface area (TPSA) is 59.1 Å². The fourth-order valence-corrected chi connectivity index (χ4v) is 4.76. The number of carbonyl (C=O) groups is 2. The van der Waals surface area contributed by atoms with Crippen LogP contribution in [0.3, 0.4) is 0 Å². The van der Waals surface area contributed by atoms with E-state index in [0.717, 1.165) is 36.3 Å². The normalized spacial score (nSPS) is 20.7. The minimum atomic E-state index is -0.0445. The summed E-state index contributed by atoms with van der Waals surface area (Å²) in [6.45, 7) is 2.42. The molecule has 7 heteroatoms. The predicted octanol–water partition coefficient (Wildman–Crippen LogP) is 4.22. The van der Waals surface area contributed by atoms with E-state index in [2.05, 4.69) is 0 Å². The van der Waals surface area contributed by atoms with Crippen molar-refractivity contribution in [1.82, 2.24) is 4.90 Å². The maximum atomic E-state index is 13.4. The zero-order valence-electron chi connectivity index (χ0n) is 16.6. The second kappa shape index (κ2) is 7.84. The van der Waals surface area contributed by atoms with Crippen molar-refractivity contribution in [3.05, 3.63) is 52.5 Å². The fourth-order valence-electron chi connectivity index (χ4n) is 4.54. The van der Waals surface area contributed by atoms with Crippen LogP contribution in [-0.2, 0) is 4.79 Å². The Morgan fingerprint density at radius 3 is 2.63 bits per heavy atom. The van der Waals surface area contributed by atoms with E-state index in [4.69, 9.17) is 21.1 Å². The van der Waals surface area contributed by atoms with E-state index in [1.165, 1.54) is 0 Å². The average Bonchev–Trinajstić information content (AvgIpc) is 3.42. The van der Waals surface area contributed by atoms with Gasteiger partial charge in [-0.1, -0.05) is 17.7 Å². The maximum Gasteiger partial charge on any atom is 0.254 e. The Labute approximate surface area is 180 Å². The highest BCUT2D eigenvalue weighted by Gasteiger charge is 2.32. The molecule has 0 aromatic heterocycles. The number of likely N-dealkylation sites (tertiary alicyclic amines) is 1. The lowest BCUT2D eigenvalue weighted by atomic mass is 10.0. The molecule has 2 fully saturated rings. The van der Waals surface area contributed by atoms with Gasteiger partial charge in [0.2, 0.25) is 5.91 Å². The molecule has 0 aliphatic carbocycles. The number of nitrogens with zero attached hydrogens (tertiary/aromatic N) is 2. The van der Waals surface area contributed by atoms with Gasteiger partial charge in [-0.3, -0.25) is 9.59 Å². The third kappa shape index (κ3) is 3.39. The monoisotopic (exact) mass is 426 g/mol. The van der Waals surface area contributed by atoms with Crippen molar-refractivity contribution in [3.8, 4) is 11.5 Å². The van der Waals surface area contributed by atoms with Crippen molar-refractivity contribution in [3.63, 3.8) is 0 Å². The molecule has 0 radical (unpaired) electrons. The number of hydrogen-bond donors (Lipinski definition) is 0. The molecule has 5 rings (SSSR count). The molecule has 6 nitrogen and oxygen atoms in total. The molecule has 2 amide bonds. The van der Waals surface area contributed by atoms with Crippen molar-refractivity contribution in [2.75, 3.05) is 31.2 Å². The van der Waals surface area contributed by atoms with Crippen molar-refractivity contribution in [1.29, 1.82) is 0 Å². The van der Waals surface area contributed by atoms with Gasteiger partial charge in [-0.05, 0) is 55.2 Å². The first-order valence-corrected chi connectivity index (χ1v) is 10.8. The number of hydrogen-bond acceptors (Lipinski definition) is 4. The molecule has 0 N–H and O–H groups in total. The lowest BCUT2D eigenvalue weighted by Crippen LogP contribution is -2.31. The molecule has 30 heavy (non-hydrogen) atoms. The van der Waals surface area contributed by atoms with E-state index in [9.17, 15) is 9.59 Å². The van der Waals surface area contributed by atoms with Crippen LogP contribution in [0.25, 0.3) is 0 Å². The summed E-state index contributed by atoms with van der Waals surface area (Å²) in [5.74, 6) is 1.49. The Kier molecular flexibility index (Phi) is 5.03. The van der Waals surface area contributed by atoms with Gasteiger partial charge in [0.1, 0.15) is 13.2 Å². The Hall–Kier alpha value is -2.73. The van der Waals surface area contributed by atoms with E-state index in [1.54, 1.807) is 23.1 Å². The molecule has 2 aromatic rings. The molecule has 0 bridgehead atoms. The molecular weight excluding hydrogens is 404 g/mol. The summed E-state index contributed by atoms with van der Waals surface area (Å²) in [6, 6.07) is 11.1. The lowest BCUT2D eigenvalue weighted by molar-refractivity contribution is -0.117. The standard InChI is InChI=1S/C23H23ClN2O4/c24-17-7-5-16(13-19(17)25-9-2-4-22(25)27)23(28)26-10-1-3-18(26)15-6-8-20-21(14-15)30-12-11-29-20/h5-8,13-14,18H,1-4,9-12H2/t18-/m0/s1. The molecule has 156 valence electrons. The van der Waals surface area contributed by atoms with Crippen LogP contribution in [0.5, 0.6) is 11.5 Å². The second-order valence-electron chi connectivity index (χ2n) is 7.87. The number of carbonyl (C=O) groups excluding carboxylic acids is 2. The van der Waals surface area contributed by atoms with Crippen LogP contribution in [0.1, 0.15) is 47.6 Å². The summed E-state index contributed by atoms with van der Waals surface area (Å²) in [5.41, 5.74) is 2.23. The molecule has 2 aromatic carbocycles. The molecular formula is C23H23ClN2O4. The van der Waals surface area contributed by atoms with Gasteiger partial charge in [0.15, 0.2) is 11.5 Å². The number of rotatable bonds is 3. The first-order valence-electron chi connectivity index (χ1n) is 10.4. The molecule has 3 aliphatic rings. The van der Waals surface area contributed by atoms with Gasteiger partial charge in [0.05, 0.1) is 16.8 Å². The van der Waals surface area contributed by atoms with Gasteiger partial charge in [-0.15, -0.1) is 0 Å². The number of fused-ring (bicyclic) bond motifs is 1. The number of amides is 2. The quantitative estimate of drug-likeness (QED) is 0.737. The summed E-state index contributed by atoms with van der Waals surface area (Å²) < 4.78 is 11.3. The van der Waals surface area contributed by atoms with Gasteiger partial charge >= 0.3 is 0 Å². The number of ether oxygens (including phenoxy) is 2. The summed E-state index contributed by atoms with van der Waals surface area (Å²) >= 11 is 6.35. The van der Waals surface area contributed by atoms with E-state index in [-0.39, 0.29) is 17.9 Å². The van der Waals surface area contributed by atoms with Crippen LogP contribution in [0.4, 0.5) is 5.69 Å². The summed E-state index contributed by atoms with van der Waals surface area (Å²) in [7, 11) is 0. The Bertz CT molecular complexity index is 1010. The summed E-state index contributed by atoms with van der Waals surface area (Å²) in [5, 5.41) is 0.492. The largest absolute Gasteiger partial charge is 0.486 e. The van der Waals surface area contributed by atoms with Gasteiger partial charge in [-0.25, -0.2) is 0 Å². The second-order valence-corrected chi connectivity index (χ2v) is 8.28. The van der Waals surface area contributed by atoms with E-state index < -0.39 is 0 Å². The number of benzene rings is 2. The highest BCUT2D eigenvalue weighted by molar-refractivity contribution is 6.34. The van der Waals surface area contributed by atoms with Crippen LogP contribution < -0.4 is 14.4 Å². The zero-order valence-corrected chi connectivity index (χ0v) is 17.4. The van der Waals surface area contributed by atoms with Crippen LogP contribution in [0.2, 0.25) is 5.02 Å². The third-order valence-corrected chi connectivity index (χ3v) is 6.34. The third-order valence-electron chi connectivity index (χ3n) is 6.02. The number of anilines is 1. The fraction of sp³-hybridized carbons (Fsp3) is 0.391. The first-order chi connectivity index (χ1) is 14.6. The Morgan fingerprint density at radius 1 is 1.00 bits per heavy atom. The van der Waals surface area contributed by atoms with Crippen LogP contribution in [0, 0.1) is 0 Å².